The number of ether oxygens (including phenoxy) is 3. The van der Waals surface area contributed by atoms with Crippen LogP contribution in [0.2, 0.25) is 10.0 Å². The highest BCUT2D eigenvalue weighted by Gasteiger charge is 2.45. The van der Waals surface area contributed by atoms with Gasteiger partial charge in [0.25, 0.3) is 0 Å². The van der Waals surface area contributed by atoms with Crippen LogP contribution in [-0.4, -0.2) is 70.2 Å². The normalized spacial score (nSPS) is 22.4. The number of hydrogen-bond donors (Lipinski definition) is 1. The van der Waals surface area contributed by atoms with Gasteiger partial charge in [-0.25, -0.2) is 4.98 Å². The summed E-state index contributed by atoms with van der Waals surface area (Å²) in [6.07, 6.45) is 4.90. The van der Waals surface area contributed by atoms with Crippen molar-refractivity contribution in [3.05, 3.63) is 82.0 Å². The first-order chi connectivity index (χ1) is 18.0. The Labute approximate surface area is 223 Å². The molecule has 2 aromatic carbocycles. The number of halogens is 2. The average molecular weight is 549 g/mol. The molecular formula is C24H26Cl2N6O5. The molecule has 0 amide bonds. The number of imidazole rings is 1. The third-order valence-electron chi connectivity index (χ3n) is 6.36. The summed E-state index contributed by atoms with van der Waals surface area (Å²) in [5.41, 5.74) is 1.70. The number of nitrogens with zero attached hydrogens (tertiary/aromatic N) is 6. The van der Waals surface area contributed by atoms with Crippen molar-refractivity contribution in [3.8, 4) is 5.75 Å². The molecule has 1 aromatic heterocycles. The number of hydrazine groups is 1. The van der Waals surface area contributed by atoms with E-state index in [1.807, 2.05) is 41.1 Å². The van der Waals surface area contributed by atoms with Gasteiger partial charge in [0.05, 0.1) is 42.6 Å². The van der Waals surface area contributed by atoms with Gasteiger partial charge in [-0.2, -0.15) is 0 Å². The van der Waals surface area contributed by atoms with Crippen LogP contribution in [0, 0.1) is 5.21 Å². The first kappa shape index (κ1) is 25.4. The van der Waals surface area contributed by atoms with E-state index in [1.165, 1.54) is 5.01 Å². The summed E-state index contributed by atoms with van der Waals surface area (Å²) in [6, 6.07) is 13.0. The number of piperazine rings is 1. The Balaban J connectivity index is 1.21. The fourth-order valence-electron chi connectivity index (χ4n) is 4.50. The highest BCUT2D eigenvalue weighted by Crippen LogP contribution is 2.40. The quantitative estimate of drug-likeness (QED) is 0.256. The molecule has 37 heavy (non-hydrogen) atoms. The van der Waals surface area contributed by atoms with Gasteiger partial charge in [0.1, 0.15) is 18.5 Å². The standard InChI is InChI=1S/C24H26Cl2N6O5/c25-18-1-6-22(23(26)13-18)24(16-29-8-7-27-17-29)36-15-21(37-24)14-35-20-4-2-19(3-5-20)30-9-11-31(12-10-30)32(34)28-33/h1-8,13,17,21,33H,9-12,14-16H2/b32-28-/t21-,24-/m0/s1. The van der Waals surface area contributed by atoms with Crippen LogP contribution in [0.25, 0.3) is 0 Å². The maximum atomic E-state index is 11.4. The molecule has 0 spiro atoms. The average Bonchev–Trinajstić information content (AvgIpc) is 3.58. The van der Waals surface area contributed by atoms with Gasteiger partial charge in [0.15, 0.2) is 0 Å². The first-order valence-electron chi connectivity index (χ1n) is 11.7. The van der Waals surface area contributed by atoms with Crippen molar-refractivity contribution in [2.24, 2.45) is 5.28 Å². The van der Waals surface area contributed by atoms with E-state index in [9.17, 15) is 5.21 Å². The molecule has 2 atom stereocenters. The number of aromatic nitrogens is 2. The van der Waals surface area contributed by atoms with Gasteiger partial charge in [-0.1, -0.05) is 29.3 Å². The van der Waals surface area contributed by atoms with Crippen LogP contribution >= 0.6 is 23.2 Å². The van der Waals surface area contributed by atoms with E-state index in [1.54, 1.807) is 24.7 Å². The molecule has 0 bridgehead atoms. The van der Waals surface area contributed by atoms with Crippen molar-refractivity contribution in [3.63, 3.8) is 0 Å². The van der Waals surface area contributed by atoms with Crippen LogP contribution in [0.4, 0.5) is 5.69 Å². The van der Waals surface area contributed by atoms with Crippen LogP contribution < -0.4 is 9.64 Å². The van der Waals surface area contributed by atoms with Crippen molar-refractivity contribution in [2.45, 2.75) is 18.4 Å². The maximum Gasteiger partial charge on any atom is 0.230 e. The lowest BCUT2D eigenvalue weighted by atomic mass is 10.1. The monoisotopic (exact) mass is 548 g/mol. The highest BCUT2D eigenvalue weighted by molar-refractivity contribution is 6.35. The Bertz CT molecular complexity index is 1220. The zero-order chi connectivity index (χ0) is 25.8. The molecule has 2 fully saturated rings. The van der Waals surface area contributed by atoms with Crippen LogP contribution in [-0.2, 0) is 21.8 Å². The molecule has 0 unspecified atom stereocenters. The Morgan fingerprint density at radius 2 is 1.95 bits per heavy atom. The smallest absolute Gasteiger partial charge is 0.230 e. The van der Waals surface area contributed by atoms with Crippen LogP contribution in [0.3, 0.4) is 0 Å². The molecule has 11 nitrogen and oxygen atoms in total. The second-order valence-corrected chi connectivity index (χ2v) is 9.59. The van der Waals surface area contributed by atoms with E-state index in [0.29, 0.717) is 67.3 Å². The molecule has 0 aliphatic carbocycles. The summed E-state index contributed by atoms with van der Waals surface area (Å²) in [6.45, 7) is 3.17. The SMILES string of the molecule is [O-]/[N+](=N\O)N1CCN(c2ccc(OC[C@H]3CO[C@](Cn4ccnc4)(c4ccc(Cl)cc4Cl)O3)cc2)CC1. The minimum Gasteiger partial charge on any atom is -0.569 e. The molecule has 0 radical (unpaired) electrons. The van der Waals surface area contributed by atoms with Crippen LogP contribution in [0.15, 0.2) is 66.5 Å². The van der Waals surface area contributed by atoms with Gasteiger partial charge < -0.3 is 34.1 Å². The molecule has 5 rings (SSSR count). The summed E-state index contributed by atoms with van der Waals surface area (Å²) in [5, 5.41) is 25.1. The Morgan fingerprint density at radius 1 is 1.16 bits per heavy atom. The van der Waals surface area contributed by atoms with Crippen molar-refractivity contribution < 1.29 is 24.4 Å². The van der Waals surface area contributed by atoms with Gasteiger partial charge in [0.2, 0.25) is 11.1 Å². The number of anilines is 1. The lowest BCUT2D eigenvalue weighted by Crippen LogP contribution is -2.48. The van der Waals surface area contributed by atoms with Crippen molar-refractivity contribution in [1.82, 2.24) is 14.6 Å². The van der Waals surface area contributed by atoms with E-state index in [4.69, 9.17) is 42.6 Å². The van der Waals surface area contributed by atoms with Gasteiger partial charge >= 0.3 is 0 Å². The van der Waals surface area contributed by atoms with Crippen LogP contribution in [0.1, 0.15) is 5.56 Å². The van der Waals surface area contributed by atoms with Gasteiger partial charge in [-0.3, -0.25) is 0 Å². The second kappa shape index (κ2) is 11.0. The zero-order valence-electron chi connectivity index (χ0n) is 19.8. The molecule has 196 valence electrons. The molecule has 3 aromatic rings. The van der Waals surface area contributed by atoms with Crippen molar-refractivity contribution in [1.29, 1.82) is 0 Å². The molecule has 2 saturated heterocycles. The topological polar surface area (TPSA) is 111 Å². The molecular weight excluding hydrogens is 523 g/mol. The van der Waals surface area contributed by atoms with Crippen LogP contribution in [0.5, 0.6) is 5.75 Å². The largest absolute Gasteiger partial charge is 0.569 e. The van der Waals surface area contributed by atoms with E-state index >= 15 is 0 Å². The summed E-state index contributed by atoms with van der Waals surface area (Å²) in [7, 11) is 0. The molecule has 13 heteroatoms. The van der Waals surface area contributed by atoms with Gasteiger partial charge in [-0.05, 0) is 36.4 Å². The number of benzene rings is 2. The lowest BCUT2D eigenvalue weighted by Gasteiger charge is -2.32. The Hall–Kier alpha value is -3.25. The molecule has 2 aliphatic heterocycles. The third kappa shape index (κ3) is 5.69. The summed E-state index contributed by atoms with van der Waals surface area (Å²) in [5.74, 6) is -0.404. The molecule has 1 N–H and O–H groups in total. The third-order valence-corrected chi connectivity index (χ3v) is 6.91. The second-order valence-electron chi connectivity index (χ2n) is 8.75. The number of rotatable bonds is 8. The minimum atomic E-state index is -1.11. The zero-order valence-corrected chi connectivity index (χ0v) is 21.3. The number of hydrogen-bond acceptors (Lipinski definition) is 7. The lowest BCUT2D eigenvalue weighted by molar-refractivity contribution is -0.710. The first-order valence-corrected chi connectivity index (χ1v) is 12.5. The summed E-state index contributed by atoms with van der Waals surface area (Å²) < 4.78 is 20.5. The molecule has 0 saturated carbocycles. The highest BCUT2D eigenvalue weighted by atomic mass is 35.5. The predicted octanol–water partition coefficient (Wildman–Crippen LogP) is 3.93. The predicted molar refractivity (Wildman–Crippen MR) is 135 cm³/mol. The molecule has 3 heterocycles. The van der Waals surface area contributed by atoms with Crippen molar-refractivity contribution >= 4 is 28.9 Å². The van der Waals surface area contributed by atoms with Gasteiger partial charge in [0, 0.05) is 41.8 Å². The Morgan fingerprint density at radius 3 is 2.62 bits per heavy atom. The van der Waals surface area contributed by atoms with E-state index in [2.05, 4.69) is 15.2 Å². The fraction of sp³-hybridized carbons (Fsp3) is 0.375. The fourth-order valence-corrected chi connectivity index (χ4v) is 5.05. The molecule has 2 aliphatic rings. The van der Waals surface area contributed by atoms with Gasteiger partial charge in [-0.15, -0.1) is 5.01 Å². The Kier molecular flexibility index (Phi) is 7.56. The van der Waals surface area contributed by atoms with Crippen molar-refractivity contribution in [2.75, 3.05) is 44.3 Å². The van der Waals surface area contributed by atoms with E-state index in [-0.39, 0.29) is 11.1 Å². The van der Waals surface area contributed by atoms with E-state index in [0.717, 1.165) is 5.69 Å². The summed E-state index contributed by atoms with van der Waals surface area (Å²) in [4.78, 5) is 6.48. The summed E-state index contributed by atoms with van der Waals surface area (Å²) >= 11 is 12.6. The minimum absolute atomic E-state index is 0.216. The maximum absolute atomic E-state index is 11.4. The van der Waals surface area contributed by atoms with E-state index < -0.39 is 5.79 Å².